The lowest BCUT2D eigenvalue weighted by Crippen LogP contribution is -1.98. The lowest BCUT2D eigenvalue weighted by Gasteiger charge is -2.12. The quantitative estimate of drug-likeness (QED) is 0.581. The van der Waals surface area contributed by atoms with Crippen LogP contribution < -0.4 is 5.73 Å². The lowest BCUT2D eigenvalue weighted by molar-refractivity contribution is 1.14. The fraction of sp³-hybridized carbons (Fsp3) is 0.136. The Kier molecular flexibility index (Phi) is 4.09. The van der Waals surface area contributed by atoms with Crippen molar-refractivity contribution in [3.05, 3.63) is 72.1 Å². The van der Waals surface area contributed by atoms with E-state index in [0.29, 0.717) is 11.5 Å². The first-order valence-electron chi connectivity index (χ1n) is 8.73. The molecule has 0 unspecified atom stereocenters. The van der Waals surface area contributed by atoms with Gasteiger partial charge in [0.05, 0.1) is 11.1 Å². The zero-order valence-electron chi connectivity index (χ0n) is 14.9. The van der Waals surface area contributed by atoms with Gasteiger partial charge < -0.3 is 5.73 Å². The highest BCUT2D eigenvalue weighted by molar-refractivity contribution is 5.94. The Labute approximate surface area is 152 Å². The molecule has 0 saturated carbocycles. The standard InChI is InChI=1S/C22H20N4/c1-3-15-6-10-17(11-7-15)20-18(16-8-4-14(2)5-9-16)12-19-21(23)24-13-25-22(19)26-20/h4-13H,3H2,1-2H3,(H2,23,24,25,26). The number of hydrogen-bond donors (Lipinski definition) is 1. The fourth-order valence-electron chi connectivity index (χ4n) is 3.08. The predicted molar refractivity (Wildman–Crippen MR) is 107 cm³/mol. The van der Waals surface area contributed by atoms with Crippen LogP contribution in [0.4, 0.5) is 5.82 Å². The zero-order chi connectivity index (χ0) is 18.1. The number of nitrogens with zero attached hydrogens (tertiary/aromatic N) is 3. The molecule has 4 rings (SSSR count). The Bertz CT molecular complexity index is 1070. The molecule has 0 amide bonds. The molecule has 4 aromatic rings. The number of aryl methyl sites for hydroxylation is 2. The van der Waals surface area contributed by atoms with Gasteiger partial charge in [0.25, 0.3) is 0 Å². The first-order valence-corrected chi connectivity index (χ1v) is 8.73. The average molecular weight is 340 g/mol. The van der Waals surface area contributed by atoms with Crippen molar-refractivity contribution in [2.75, 3.05) is 5.73 Å². The highest BCUT2D eigenvalue weighted by Crippen LogP contribution is 2.34. The summed E-state index contributed by atoms with van der Waals surface area (Å²) in [6.07, 6.45) is 2.47. The SMILES string of the molecule is CCc1ccc(-c2nc3ncnc(N)c3cc2-c2ccc(C)cc2)cc1. The maximum atomic E-state index is 6.06. The van der Waals surface area contributed by atoms with Gasteiger partial charge >= 0.3 is 0 Å². The number of pyridine rings is 1. The third-order valence-electron chi connectivity index (χ3n) is 4.65. The van der Waals surface area contributed by atoms with Crippen molar-refractivity contribution < 1.29 is 0 Å². The maximum Gasteiger partial charge on any atom is 0.165 e. The summed E-state index contributed by atoms with van der Waals surface area (Å²) in [7, 11) is 0. The molecule has 0 aliphatic rings. The van der Waals surface area contributed by atoms with Crippen LogP contribution in [0.1, 0.15) is 18.1 Å². The number of rotatable bonds is 3. The van der Waals surface area contributed by atoms with E-state index in [9.17, 15) is 0 Å². The molecule has 2 heterocycles. The molecule has 4 nitrogen and oxygen atoms in total. The summed E-state index contributed by atoms with van der Waals surface area (Å²) in [4.78, 5) is 13.2. The van der Waals surface area contributed by atoms with E-state index < -0.39 is 0 Å². The summed E-state index contributed by atoms with van der Waals surface area (Å²) in [5.41, 5.74) is 13.3. The predicted octanol–water partition coefficient (Wildman–Crippen LogP) is 4.81. The summed E-state index contributed by atoms with van der Waals surface area (Å²) in [5, 5.41) is 0.775. The Morgan fingerprint density at radius 1 is 0.885 bits per heavy atom. The molecule has 0 atom stereocenters. The van der Waals surface area contributed by atoms with Crippen LogP contribution in [-0.2, 0) is 6.42 Å². The van der Waals surface area contributed by atoms with E-state index in [1.807, 2.05) is 6.07 Å². The number of nitrogens with two attached hydrogens (primary N) is 1. The molecule has 4 heteroatoms. The van der Waals surface area contributed by atoms with Crippen molar-refractivity contribution in [3.63, 3.8) is 0 Å². The first kappa shape index (κ1) is 16.2. The van der Waals surface area contributed by atoms with Gasteiger partial charge in [0.2, 0.25) is 0 Å². The van der Waals surface area contributed by atoms with Crippen LogP contribution in [0, 0.1) is 6.92 Å². The Morgan fingerprint density at radius 2 is 1.58 bits per heavy atom. The minimum atomic E-state index is 0.448. The summed E-state index contributed by atoms with van der Waals surface area (Å²) in [5.74, 6) is 0.448. The monoisotopic (exact) mass is 340 g/mol. The van der Waals surface area contributed by atoms with Gasteiger partial charge in [0.15, 0.2) is 5.65 Å². The van der Waals surface area contributed by atoms with Crippen molar-refractivity contribution in [2.45, 2.75) is 20.3 Å². The molecule has 0 spiro atoms. The highest BCUT2D eigenvalue weighted by Gasteiger charge is 2.13. The van der Waals surface area contributed by atoms with E-state index >= 15 is 0 Å². The van der Waals surface area contributed by atoms with E-state index in [2.05, 4.69) is 72.3 Å². The zero-order valence-corrected chi connectivity index (χ0v) is 14.9. The number of aromatic nitrogens is 3. The van der Waals surface area contributed by atoms with E-state index in [1.54, 1.807) is 0 Å². The molecule has 26 heavy (non-hydrogen) atoms. The van der Waals surface area contributed by atoms with Crippen LogP contribution in [0.3, 0.4) is 0 Å². The molecule has 2 aromatic heterocycles. The van der Waals surface area contributed by atoms with Crippen molar-refractivity contribution in [3.8, 4) is 22.4 Å². The second-order valence-electron chi connectivity index (χ2n) is 6.43. The molecule has 0 fully saturated rings. The van der Waals surface area contributed by atoms with Gasteiger partial charge in [-0.3, -0.25) is 0 Å². The normalized spacial score (nSPS) is 11.0. The minimum absolute atomic E-state index is 0.448. The molecule has 0 bridgehead atoms. The number of anilines is 1. The second kappa shape index (κ2) is 6.56. The summed E-state index contributed by atoms with van der Waals surface area (Å²) < 4.78 is 0. The largest absolute Gasteiger partial charge is 0.383 e. The smallest absolute Gasteiger partial charge is 0.165 e. The number of fused-ring (bicyclic) bond motifs is 1. The number of hydrogen-bond acceptors (Lipinski definition) is 4. The van der Waals surface area contributed by atoms with Gasteiger partial charge in [0, 0.05) is 11.1 Å². The van der Waals surface area contributed by atoms with Crippen molar-refractivity contribution >= 4 is 16.9 Å². The van der Waals surface area contributed by atoms with Crippen molar-refractivity contribution in [1.82, 2.24) is 15.0 Å². The third-order valence-corrected chi connectivity index (χ3v) is 4.65. The topological polar surface area (TPSA) is 64.7 Å². The summed E-state index contributed by atoms with van der Waals surface area (Å²) in [6, 6.07) is 19.0. The highest BCUT2D eigenvalue weighted by atomic mass is 15.0. The average Bonchev–Trinajstić information content (AvgIpc) is 2.68. The first-order chi connectivity index (χ1) is 12.7. The lowest BCUT2D eigenvalue weighted by atomic mass is 9.96. The van der Waals surface area contributed by atoms with Gasteiger partial charge in [-0.15, -0.1) is 0 Å². The van der Waals surface area contributed by atoms with Crippen molar-refractivity contribution in [1.29, 1.82) is 0 Å². The van der Waals surface area contributed by atoms with Crippen LogP contribution >= 0.6 is 0 Å². The number of benzene rings is 2. The fourth-order valence-corrected chi connectivity index (χ4v) is 3.08. The molecular formula is C22H20N4. The van der Waals surface area contributed by atoms with Gasteiger partial charge in [-0.05, 0) is 30.5 Å². The molecule has 2 aromatic carbocycles. The van der Waals surface area contributed by atoms with E-state index in [-0.39, 0.29) is 0 Å². The molecule has 128 valence electrons. The maximum absolute atomic E-state index is 6.06. The van der Waals surface area contributed by atoms with Crippen molar-refractivity contribution in [2.24, 2.45) is 0 Å². The van der Waals surface area contributed by atoms with Crippen LogP contribution in [0.2, 0.25) is 0 Å². The van der Waals surface area contributed by atoms with E-state index in [0.717, 1.165) is 34.2 Å². The van der Waals surface area contributed by atoms with Crippen LogP contribution in [0.5, 0.6) is 0 Å². The Morgan fingerprint density at radius 3 is 2.27 bits per heavy atom. The third kappa shape index (κ3) is 2.90. The van der Waals surface area contributed by atoms with Gasteiger partial charge in [-0.2, -0.15) is 0 Å². The number of nitrogen functional groups attached to an aromatic ring is 1. The summed E-state index contributed by atoms with van der Waals surface area (Å²) in [6.45, 7) is 4.24. The van der Waals surface area contributed by atoms with E-state index in [4.69, 9.17) is 10.7 Å². The van der Waals surface area contributed by atoms with Gasteiger partial charge in [-0.25, -0.2) is 15.0 Å². The van der Waals surface area contributed by atoms with Crippen LogP contribution in [0.15, 0.2) is 60.9 Å². The van der Waals surface area contributed by atoms with Gasteiger partial charge in [0.1, 0.15) is 12.1 Å². The van der Waals surface area contributed by atoms with E-state index in [1.165, 1.54) is 17.5 Å². The van der Waals surface area contributed by atoms with Crippen LogP contribution in [0.25, 0.3) is 33.4 Å². The summed E-state index contributed by atoms with van der Waals surface area (Å²) >= 11 is 0. The van der Waals surface area contributed by atoms with Crippen LogP contribution in [-0.4, -0.2) is 15.0 Å². The molecule has 0 aliphatic heterocycles. The molecule has 2 N–H and O–H groups in total. The Balaban J connectivity index is 1.99. The Hall–Kier alpha value is -3.27. The molecular weight excluding hydrogens is 320 g/mol. The molecule has 0 aliphatic carbocycles. The molecule has 0 saturated heterocycles. The molecule has 0 radical (unpaired) electrons. The second-order valence-corrected chi connectivity index (χ2v) is 6.43. The van der Waals surface area contributed by atoms with Gasteiger partial charge in [-0.1, -0.05) is 61.0 Å². The minimum Gasteiger partial charge on any atom is -0.383 e.